The third kappa shape index (κ3) is 6.05. The summed E-state index contributed by atoms with van der Waals surface area (Å²) in [5, 5.41) is 6.26. The van der Waals surface area contributed by atoms with Crippen LogP contribution in [0.4, 0.5) is 0 Å². The maximum Gasteiger partial charge on any atom is 0.251 e. The minimum atomic E-state index is -0.0413. The van der Waals surface area contributed by atoms with Crippen molar-refractivity contribution in [3.05, 3.63) is 42.5 Å². The van der Waals surface area contributed by atoms with Crippen molar-refractivity contribution >= 4 is 18.3 Å². The molecule has 0 bridgehead atoms. The molecular weight excluding hydrogens is 302 g/mol. The highest BCUT2D eigenvalue weighted by Gasteiger charge is 2.10. The molecule has 1 saturated heterocycles. The molecule has 0 unspecified atom stereocenters. The van der Waals surface area contributed by atoms with Crippen LogP contribution in [0.2, 0.25) is 0 Å². The highest BCUT2D eigenvalue weighted by atomic mass is 35.5. The molecule has 0 saturated carbocycles. The lowest BCUT2D eigenvalue weighted by Gasteiger charge is -2.27. The van der Waals surface area contributed by atoms with Crippen molar-refractivity contribution in [3.8, 4) is 5.75 Å². The van der Waals surface area contributed by atoms with Crippen LogP contribution in [0.25, 0.3) is 0 Å². The lowest BCUT2D eigenvalue weighted by molar-refractivity contribution is 0.0947. The van der Waals surface area contributed by atoms with Gasteiger partial charge in [0.1, 0.15) is 12.4 Å². The molecule has 1 fully saturated rings. The first-order chi connectivity index (χ1) is 10.3. The van der Waals surface area contributed by atoms with E-state index in [1.807, 2.05) is 0 Å². The smallest absolute Gasteiger partial charge is 0.251 e. The average molecular weight is 326 g/mol. The molecule has 1 heterocycles. The zero-order valence-corrected chi connectivity index (χ0v) is 13.5. The Morgan fingerprint density at radius 3 is 2.64 bits per heavy atom. The minimum absolute atomic E-state index is 0. The summed E-state index contributed by atoms with van der Waals surface area (Å²) < 4.78 is 5.39. The highest BCUT2D eigenvalue weighted by Crippen LogP contribution is 2.12. The van der Waals surface area contributed by atoms with E-state index in [1.165, 1.54) is 0 Å². The van der Waals surface area contributed by atoms with Gasteiger partial charge in [-0.1, -0.05) is 12.7 Å². The van der Waals surface area contributed by atoms with Gasteiger partial charge >= 0.3 is 0 Å². The van der Waals surface area contributed by atoms with E-state index >= 15 is 0 Å². The molecule has 122 valence electrons. The molecule has 0 aromatic heterocycles. The van der Waals surface area contributed by atoms with E-state index in [2.05, 4.69) is 22.1 Å². The SMILES string of the molecule is C=CCOc1ccc(C(=O)NCCN2CCNCC2)cc1.Cl. The number of ether oxygens (including phenoxy) is 1. The summed E-state index contributed by atoms with van der Waals surface area (Å²) >= 11 is 0. The molecule has 2 N–H and O–H groups in total. The molecule has 6 heteroatoms. The first-order valence-electron chi connectivity index (χ1n) is 7.34. The average Bonchev–Trinajstić information content (AvgIpc) is 2.54. The van der Waals surface area contributed by atoms with E-state index in [-0.39, 0.29) is 18.3 Å². The molecule has 5 nitrogen and oxygen atoms in total. The molecule has 1 aromatic rings. The van der Waals surface area contributed by atoms with Crippen LogP contribution in [-0.4, -0.2) is 56.7 Å². The van der Waals surface area contributed by atoms with E-state index in [1.54, 1.807) is 30.3 Å². The van der Waals surface area contributed by atoms with Crippen LogP contribution < -0.4 is 15.4 Å². The highest BCUT2D eigenvalue weighted by molar-refractivity contribution is 5.94. The number of carbonyl (C=O) groups excluding carboxylic acids is 1. The van der Waals surface area contributed by atoms with E-state index in [0.29, 0.717) is 18.7 Å². The Labute approximate surface area is 138 Å². The first-order valence-corrected chi connectivity index (χ1v) is 7.34. The van der Waals surface area contributed by atoms with Crippen LogP contribution in [0.5, 0.6) is 5.75 Å². The molecule has 2 rings (SSSR count). The van der Waals surface area contributed by atoms with Crippen LogP contribution in [0.3, 0.4) is 0 Å². The zero-order chi connectivity index (χ0) is 14.9. The fourth-order valence-corrected chi connectivity index (χ4v) is 2.22. The number of piperazine rings is 1. The minimum Gasteiger partial charge on any atom is -0.490 e. The van der Waals surface area contributed by atoms with Crippen LogP contribution in [0, 0.1) is 0 Å². The molecule has 1 aliphatic rings. The summed E-state index contributed by atoms with van der Waals surface area (Å²) in [6.07, 6.45) is 1.69. The second kappa shape index (κ2) is 10.2. The molecular formula is C16H24ClN3O2. The third-order valence-corrected chi connectivity index (χ3v) is 3.41. The van der Waals surface area contributed by atoms with Gasteiger partial charge in [0.25, 0.3) is 5.91 Å². The van der Waals surface area contributed by atoms with Gasteiger partial charge in [-0.3, -0.25) is 9.69 Å². The molecule has 0 radical (unpaired) electrons. The molecule has 22 heavy (non-hydrogen) atoms. The van der Waals surface area contributed by atoms with Crippen molar-refractivity contribution in [2.45, 2.75) is 0 Å². The Morgan fingerprint density at radius 2 is 2.00 bits per heavy atom. The van der Waals surface area contributed by atoms with Gasteiger partial charge in [0.2, 0.25) is 0 Å². The fourth-order valence-electron chi connectivity index (χ4n) is 2.22. The number of hydrogen-bond acceptors (Lipinski definition) is 4. The standard InChI is InChI=1S/C16H23N3O2.ClH/c1-2-13-21-15-5-3-14(4-6-15)16(20)18-9-12-19-10-7-17-8-11-19;/h2-6,17H,1,7-13H2,(H,18,20);1H. The zero-order valence-electron chi connectivity index (χ0n) is 12.7. The summed E-state index contributed by atoms with van der Waals surface area (Å²) in [5.41, 5.74) is 0.654. The number of rotatable bonds is 7. The Kier molecular flexibility index (Phi) is 8.58. The largest absolute Gasteiger partial charge is 0.490 e. The number of hydrogen-bond donors (Lipinski definition) is 2. The van der Waals surface area contributed by atoms with Crippen molar-refractivity contribution in [3.63, 3.8) is 0 Å². The van der Waals surface area contributed by atoms with Gasteiger partial charge in [0.15, 0.2) is 0 Å². The number of nitrogens with zero attached hydrogens (tertiary/aromatic N) is 1. The lowest BCUT2D eigenvalue weighted by Crippen LogP contribution is -2.46. The van der Waals surface area contributed by atoms with E-state index < -0.39 is 0 Å². The summed E-state index contributed by atoms with van der Waals surface area (Å²) in [6.45, 7) is 9.79. The van der Waals surface area contributed by atoms with Crippen molar-refractivity contribution in [2.24, 2.45) is 0 Å². The quantitative estimate of drug-likeness (QED) is 0.742. The van der Waals surface area contributed by atoms with Crippen molar-refractivity contribution < 1.29 is 9.53 Å². The van der Waals surface area contributed by atoms with Crippen molar-refractivity contribution in [1.29, 1.82) is 0 Å². The summed E-state index contributed by atoms with van der Waals surface area (Å²) in [6, 6.07) is 7.15. The van der Waals surface area contributed by atoms with Crippen molar-refractivity contribution in [2.75, 3.05) is 45.9 Å². The normalized spacial score (nSPS) is 14.7. The Hall–Kier alpha value is -1.56. The van der Waals surface area contributed by atoms with E-state index in [9.17, 15) is 4.79 Å². The fraction of sp³-hybridized carbons (Fsp3) is 0.438. The number of carbonyl (C=O) groups is 1. The Bertz CT molecular complexity index is 459. The summed E-state index contributed by atoms with van der Waals surface area (Å²) in [4.78, 5) is 14.4. The lowest BCUT2D eigenvalue weighted by atomic mass is 10.2. The number of nitrogens with one attached hydrogen (secondary N) is 2. The van der Waals surface area contributed by atoms with Gasteiger partial charge in [-0.05, 0) is 24.3 Å². The predicted molar refractivity (Wildman–Crippen MR) is 91.0 cm³/mol. The maximum absolute atomic E-state index is 12.0. The van der Waals surface area contributed by atoms with Crippen molar-refractivity contribution in [1.82, 2.24) is 15.5 Å². The molecule has 0 atom stereocenters. The number of benzene rings is 1. The maximum atomic E-state index is 12.0. The van der Waals surface area contributed by atoms with Crippen LogP contribution in [0.1, 0.15) is 10.4 Å². The number of amides is 1. The first kappa shape index (κ1) is 18.5. The van der Waals surface area contributed by atoms with Crippen LogP contribution in [0.15, 0.2) is 36.9 Å². The molecule has 1 aromatic carbocycles. The van der Waals surface area contributed by atoms with Gasteiger partial charge < -0.3 is 15.4 Å². The van der Waals surface area contributed by atoms with Gasteiger partial charge in [-0.25, -0.2) is 0 Å². The van der Waals surface area contributed by atoms with Gasteiger partial charge in [0, 0.05) is 44.8 Å². The Balaban J connectivity index is 0.00000242. The third-order valence-electron chi connectivity index (χ3n) is 3.41. The van der Waals surface area contributed by atoms with Crippen LogP contribution >= 0.6 is 12.4 Å². The summed E-state index contributed by atoms with van der Waals surface area (Å²) in [7, 11) is 0. The van der Waals surface area contributed by atoms with Gasteiger partial charge in [-0.2, -0.15) is 0 Å². The van der Waals surface area contributed by atoms with Gasteiger partial charge in [0.05, 0.1) is 0 Å². The molecule has 0 spiro atoms. The summed E-state index contributed by atoms with van der Waals surface area (Å²) in [5.74, 6) is 0.702. The molecule has 1 amide bonds. The van der Waals surface area contributed by atoms with E-state index in [0.717, 1.165) is 38.5 Å². The van der Waals surface area contributed by atoms with Crippen LogP contribution in [-0.2, 0) is 0 Å². The Morgan fingerprint density at radius 1 is 1.32 bits per heavy atom. The predicted octanol–water partition coefficient (Wildman–Crippen LogP) is 1.31. The monoisotopic (exact) mass is 325 g/mol. The molecule has 0 aliphatic carbocycles. The number of halogens is 1. The second-order valence-electron chi connectivity index (χ2n) is 4.97. The van der Waals surface area contributed by atoms with Gasteiger partial charge in [-0.15, -0.1) is 12.4 Å². The topological polar surface area (TPSA) is 53.6 Å². The van der Waals surface area contributed by atoms with E-state index in [4.69, 9.17) is 4.74 Å². The second-order valence-corrected chi connectivity index (χ2v) is 4.97. The molecule has 1 aliphatic heterocycles.